The zero-order valence-corrected chi connectivity index (χ0v) is 23.6. The molecule has 0 bridgehead atoms. The van der Waals surface area contributed by atoms with Gasteiger partial charge >= 0.3 is 0 Å². The van der Waals surface area contributed by atoms with Gasteiger partial charge in [0.1, 0.15) is 0 Å². The molecule has 1 saturated carbocycles. The molecule has 0 heterocycles. The molecule has 0 aromatic rings. The van der Waals surface area contributed by atoms with E-state index in [1.807, 2.05) is 0 Å². The van der Waals surface area contributed by atoms with Crippen molar-refractivity contribution in [3.8, 4) is 0 Å². The predicted molar refractivity (Wildman–Crippen MR) is 151 cm³/mol. The van der Waals surface area contributed by atoms with Gasteiger partial charge in [0.15, 0.2) is 0 Å². The minimum atomic E-state index is -0.120. The van der Waals surface area contributed by atoms with Crippen LogP contribution in [0.25, 0.3) is 0 Å². The first-order valence-corrected chi connectivity index (χ1v) is 15.8. The molecule has 4 heteroatoms. The van der Waals surface area contributed by atoms with Gasteiger partial charge in [-0.05, 0) is 25.7 Å². The summed E-state index contributed by atoms with van der Waals surface area (Å²) >= 11 is 0. The van der Waals surface area contributed by atoms with Gasteiger partial charge in [0, 0.05) is 24.9 Å². The summed E-state index contributed by atoms with van der Waals surface area (Å²) in [5.41, 5.74) is 0. The van der Waals surface area contributed by atoms with Crippen LogP contribution < -0.4 is 10.6 Å². The monoisotopic (exact) mass is 492 g/mol. The Kier molecular flexibility index (Phi) is 21.3. The fourth-order valence-corrected chi connectivity index (χ4v) is 5.50. The van der Waals surface area contributed by atoms with Crippen LogP contribution >= 0.6 is 0 Å². The van der Waals surface area contributed by atoms with Crippen molar-refractivity contribution in [2.24, 2.45) is 11.8 Å². The summed E-state index contributed by atoms with van der Waals surface area (Å²) < 4.78 is 0. The molecule has 2 N–H and O–H groups in total. The Morgan fingerprint density at radius 2 is 0.771 bits per heavy atom. The number of amides is 2. The van der Waals surface area contributed by atoms with Crippen molar-refractivity contribution >= 4 is 11.8 Å². The van der Waals surface area contributed by atoms with E-state index in [1.54, 1.807) is 0 Å². The summed E-state index contributed by atoms with van der Waals surface area (Å²) in [7, 11) is 0. The fourth-order valence-electron chi connectivity index (χ4n) is 5.50. The first-order valence-electron chi connectivity index (χ1n) is 15.8. The third-order valence-electron chi connectivity index (χ3n) is 7.85. The molecular formula is C31H60N2O2. The van der Waals surface area contributed by atoms with Gasteiger partial charge in [0.25, 0.3) is 0 Å². The Morgan fingerprint density at radius 3 is 1.09 bits per heavy atom. The van der Waals surface area contributed by atoms with E-state index in [2.05, 4.69) is 24.5 Å². The van der Waals surface area contributed by atoms with Gasteiger partial charge in [-0.15, -0.1) is 0 Å². The minimum absolute atomic E-state index is 0.109. The van der Waals surface area contributed by atoms with Gasteiger partial charge in [-0.3, -0.25) is 9.59 Å². The number of hydrogen-bond acceptors (Lipinski definition) is 2. The predicted octanol–water partition coefficient (Wildman–Crippen LogP) is 8.48. The molecule has 0 aromatic heterocycles. The van der Waals surface area contributed by atoms with Crippen LogP contribution in [0.3, 0.4) is 0 Å². The molecule has 1 aliphatic carbocycles. The van der Waals surface area contributed by atoms with Gasteiger partial charge in [-0.25, -0.2) is 0 Å². The SMILES string of the molecule is CCCCCCCCCCCCNC(=O)[C@@H]1CCC[C@H]1C(=O)NCCCCCCCCCCCC. The standard InChI is InChI=1S/C31H60N2O2/c1-3-5-7-9-11-13-15-17-19-21-26-32-30(34)28-24-23-25-29(28)31(35)33-27-22-20-18-16-14-12-10-8-6-4-2/h28-29H,3-27H2,1-2H3,(H,32,34)(H,33,35)/t28-,29-/m1/s1. The zero-order chi connectivity index (χ0) is 25.4. The maximum absolute atomic E-state index is 12.7. The van der Waals surface area contributed by atoms with Crippen LogP contribution in [0.4, 0.5) is 0 Å². The highest BCUT2D eigenvalue weighted by Crippen LogP contribution is 2.32. The molecule has 0 aromatic carbocycles. The van der Waals surface area contributed by atoms with Gasteiger partial charge < -0.3 is 10.6 Å². The molecule has 1 aliphatic rings. The van der Waals surface area contributed by atoms with Crippen LogP contribution in [0.1, 0.15) is 162 Å². The van der Waals surface area contributed by atoms with Crippen molar-refractivity contribution < 1.29 is 9.59 Å². The van der Waals surface area contributed by atoms with Gasteiger partial charge in [0.05, 0.1) is 0 Å². The molecule has 0 saturated heterocycles. The molecular weight excluding hydrogens is 432 g/mol. The third kappa shape index (κ3) is 17.1. The van der Waals surface area contributed by atoms with Crippen molar-refractivity contribution in [3.63, 3.8) is 0 Å². The molecule has 1 rings (SSSR count). The maximum atomic E-state index is 12.7. The molecule has 0 radical (unpaired) electrons. The van der Waals surface area contributed by atoms with Crippen LogP contribution in [-0.2, 0) is 9.59 Å². The van der Waals surface area contributed by atoms with Crippen molar-refractivity contribution in [2.45, 2.75) is 162 Å². The zero-order valence-electron chi connectivity index (χ0n) is 23.6. The first-order chi connectivity index (χ1) is 17.2. The molecule has 35 heavy (non-hydrogen) atoms. The van der Waals surface area contributed by atoms with E-state index in [1.165, 1.54) is 116 Å². The second kappa shape index (κ2) is 23.3. The smallest absolute Gasteiger partial charge is 0.223 e. The van der Waals surface area contributed by atoms with Crippen molar-refractivity contribution in [2.75, 3.05) is 13.1 Å². The summed E-state index contributed by atoms with van der Waals surface area (Å²) in [4.78, 5) is 25.4. The Morgan fingerprint density at radius 1 is 0.486 bits per heavy atom. The van der Waals surface area contributed by atoms with Crippen LogP contribution in [0.5, 0.6) is 0 Å². The lowest BCUT2D eigenvalue weighted by Gasteiger charge is -2.19. The van der Waals surface area contributed by atoms with E-state index in [9.17, 15) is 9.59 Å². The summed E-state index contributed by atoms with van der Waals surface area (Å²) in [5, 5.41) is 6.26. The number of nitrogens with one attached hydrogen (secondary N) is 2. The summed E-state index contributed by atoms with van der Waals surface area (Å²) in [6.45, 7) is 6.05. The van der Waals surface area contributed by atoms with E-state index < -0.39 is 0 Å². The molecule has 4 nitrogen and oxygen atoms in total. The Hall–Kier alpha value is -1.06. The Labute approximate surface area is 218 Å². The lowest BCUT2D eigenvalue weighted by Crippen LogP contribution is -2.40. The third-order valence-corrected chi connectivity index (χ3v) is 7.85. The van der Waals surface area contributed by atoms with E-state index in [0.717, 1.165) is 45.2 Å². The highest BCUT2D eigenvalue weighted by molar-refractivity contribution is 5.88. The summed E-state index contributed by atoms with van der Waals surface area (Å²) in [6.07, 6.45) is 28.8. The fraction of sp³-hybridized carbons (Fsp3) is 0.935. The number of unbranched alkanes of at least 4 members (excludes halogenated alkanes) is 18. The van der Waals surface area contributed by atoms with Gasteiger partial charge in [0.2, 0.25) is 11.8 Å². The average Bonchev–Trinajstić information content (AvgIpc) is 3.36. The normalized spacial score (nSPS) is 17.5. The summed E-state index contributed by atoms with van der Waals surface area (Å²) in [5.74, 6) is -0.0216. The highest BCUT2D eigenvalue weighted by atomic mass is 16.2. The van der Waals surface area contributed by atoms with E-state index in [0.29, 0.717) is 0 Å². The first kappa shape index (κ1) is 32.0. The number of rotatable bonds is 24. The van der Waals surface area contributed by atoms with E-state index in [-0.39, 0.29) is 23.7 Å². The minimum Gasteiger partial charge on any atom is -0.356 e. The van der Waals surface area contributed by atoms with Crippen LogP contribution in [0.15, 0.2) is 0 Å². The van der Waals surface area contributed by atoms with Crippen molar-refractivity contribution in [1.29, 1.82) is 0 Å². The Balaban J connectivity index is 2.01. The van der Waals surface area contributed by atoms with Crippen LogP contribution in [0, 0.1) is 11.8 Å². The second-order valence-electron chi connectivity index (χ2n) is 11.1. The molecule has 2 atom stereocenters. The lowest BCUT2D eigenvalue weighted by molar-refractivity contribution is -0.133. The molecule has 1 fully saturated rings. The quantitative estimate of drug-likeness (QED) is 0.133. The average molecular weight is 493 g/mol. The second-order valence-corrected chi connectivity index (χ2v) is 11.1. The lowest BCUT2D eigenvalue weighted by atomic mass is 9.94. The molecule has 2 amide bonds. The van der Waals surface area contributed by atoms with Gasteiger partial charge in [-0.2, -0.15) is 0 Å². The molecule has 206 valence electrons. The van der Waals surface area contributed by atoms with Crippen LogP contribution in [-0.4, -0.2) is 24.9 Å². The van der Waals surface area contributed by atoms with Crippen molar-refractivity contribution in [1.82, 2.24) is 10.6 Å². The largest absolute Gasteiger partial charge is 0.356 e. The Bertz CT molecular complexity index is 464. The van der Waals surface area contributed by atoms with Gasteiger partial charge in [-0.1, -0.05) is 136 Å². The van der Waals surface area contributed by atoms with E-state index >= 15 is 0 Å². The summed E-state index contributed by atoms with van der Waals surface area (Å²) in [6, 6.07) is 0. The molecule has 0 aliphatic heterocycles. The number of hydrogen-bond donors (Lipinski definition) is 2. The molecule has 0 spiro atoms. The highest BCUT2D eigenvalue weighted by Gasteiger charge is 2.37. The maximum Gasteiger partial charge on any atom is 0.223 e. The number of carbonyl (C=O) groups excluding carboxylic acids is 2. The topological polar surface area (TPSA) is 58.2 Å². The number of carbonyl (C=O) groups is 2. The molecule has 0 unspecified atom stereocenters. The van der Waals surface area contributed by atoms with E-state index in [4.69, 9.17) is 0 Å². The van der Waals surface area contributed by atoms with Crippen molar-refractivity contribution in [3.05, 3.63) is 0 Å². The van der Waals surface area contributed by atoms with Crippen LogP contribution in [0.2, 0.25) is 0 Å².